The number of nitriles is 1. The van der Waals surface area contributed by atoms with Crippen LogP contribution in [-0.2, 0) is 0 Å². The van der Waals surface area contributed by atoms with Gasteiger partial charge in [0.05, 0.1) is 17.6 Å². The third-order valence-electron chi connectivity index (χ3n) is 1.86. The van der Waals surface area contributed by atoms with Crippen LogP contribution in [0.15, 0.2) is 12.1 Å². The molecule has 1 aromatic rings. The monoisotopic (exact) mass is 240 g/mol. The summed E-state index contributed by atoms with van der Waals surface area (Å²) in [5.41, 5.74) is -1.21. The van der Waals surface area contributed by atoms with Crippen molar-refractivity contribution in [2.24, 2.45) is 0 Å². The lowest BCUT2D eigenvalue weighted by Gasteiger charge is -2.05. The Kier molecular flexibility index (Phi) is 3.43. The molecule has 0 fully saturated rings. The third kappa shape index (κ3) is 1.94. The molecule has 82 valence electrons. The molecule has 0 aliphatic carbocycles. The number of benzene rings is 1. The second kappa shape index (κ2) is 4.59. The van der Waals surface area contributed by atoms with Gasteiger partial charge >= 0.3 is 5.69 Å². The predicted molar refractivity (Wildman–Crippen MR) is 54.5 cm³/mol. The van der Waals surface area contributed by atoms with Gasteiger partial charge in [-0.25, -0.2) is 0 Å². The SMILES string of the molecule is COc1ccc(C#N)c(C(=O)Cl)c1[N+](=O)[O-]. The summed E-state index contributed by atoms with van der Waals surface area (Å²) in [6, 6.07) is 4.13. The number of nitro benzene ring substituents is 1. The normalized spacial score (nSPS) is 9.31. The molecule has 0 saturated carbocycles. The minimum atomic E-state index is -1.07. The van der Waals surface area contributed by atoms with Crippen LogP contribution in [0, 0.1) is 21.4 Å². The Bertz CT molecular complexity index is 507. The van der Waals surface area contributed by atoms with Crippen molar-refractivity contribution in [2.45, 2.75) is 0 Å². The highest BCUT2D eigenvalue weighted by Crippen LogP contribution is 2.33. The van der Waals surface area contributed by atoms with Crippen LogP contribution in [0.3, 0.4) is 0 Å². The fourth-order valence-corrected chi connectivity index (χ4v) is 1.40. The number of nitro groups is 1. The molecule has 0 unspecified atom stereocenters. The zero-order valence-electron chi connectivity index (χ0n) is 8.06. The van der Waals surface area contributed by atoms with Crippen molar-refractivity contribution in [1.82, 2.24) is 0 Å². The van der Waals surface area contributed by atoms with E-state index in [2.05, 4.69) is 0 Å². The Balaban J connectivity index is 3.68. The van der Waals surface area contributed by atoms with Crippen molar-refractivity contribution in [1.29, 1.82) is 5.26 Å². The van der Waals surface area contributed by atoms with Crippen LogP contribution in [0.1, 0.15) is 15.9 Å². The number of hydrogen-bond donors (Lipinski definition) is 0. The second-order valence-electron chi connectivity index (χ2n) is 2.68. The summed E-state index contributed by atoms with van der Waals surface area (Å²) in [7, 11) is 1.22. The van der Waals surface area contributed by atoms with Gasteiger partial charge in [-0.1, -0.05) is 0 Å². The molecular formula is C9H5ClN2O4. The topological polar surface area (TPSA) is 93.2 Å². The number of carbonyl (C=O) groups excluding carboxylic acids is 1. The fraction of sp³-hybridized carbons (Fsp3) is 0.111. The molecule has 0 bridgehead atoms. The van der Waals surface area contributed by atoms with Gasteiger partial charge in [-0.05, 0) is 23.7 Å². The summed E-state index contributed by atoms with van der Waals surface area (Å²) in [4.78, 5) is 21.0. The zero-order chi connectivity index (χ0) is 12.3. The molecule has 0 amide bonds. The van der Waals surface area contributed by atoms with Gasteiger partial charge < -0.3 is 4.74 Å². The van der Waals surface area contributed by atoms with Crippen molar-refractivity contribution < 1.29 is 14.5 Å². The second-order valence-corrected chi connectivity index (χ2v) is 3.02. The summed E-state index contributed by atoms with van der Waals surface area (Å²) in [5, 5.41) is 18.4. The van der Waals surface area contributed by atoms with E-state index >= 15 is 0 Å². The van der Waals surface area contributed by atoms with E-state index < -0.39 is 21.4 Å². The Morgan fingerprint density at radius 3 is 2.62 bits per heavy atom. The molecule has 1 aromatic carbocycles. The van der Waals surface area contributed by atoms with Gasteiger partial charge in [-0.15, -0.1) is 0 Å². The van der Waals surface area contributed by atoms with E-state index in [1.54, 1.807) is 6.07 Å². The predicted octanol–water partition coefficient (Wildman–Crippen LogP) is 1.85. The van der Waals surface area contributed by atoms with E-state index in [0.29, 0.717) is 0 Å². The highest BCUT2D eigenvalue weighted by molar-refractivity contribution is 6.68. The zero-order valence-corrected chi connectivity index (χ0v) is 8.82. The fourth-order valence-electron chi connectivity index (χ4n) is 1.21. The van der Waals surface area contributed by atoms with E-state index in [9.17, 15) is 14.9 Å². The molecule has 16 heavy (non-hydrogen) atoms. The summed E-state index contributed by atoms with van der Waals surface area (Å²) in [6.07, 6.45) is 0. The molecule has 6 nitrogen and oxygen atoms in total. The lowest BCUT2D eigenvalue weighted by atomic mass is 10.1. The molecule has 1 rings (SSSR count). The number of rotatable bonds is 3. The summed E-state index contributed by atoms with van der Waals surface area (Å²) in [6.45, 7) is 0. The Labute approximate surface area is 95.2 Å². The van der Waals surface area contributed by atoms with Crippen molar-refractivity contribution in [3.8, 4) is 11.8 Å². The van der Waals surface area contributed by atoms with E-state index in [4.69, 9.17) is 21.6 Å². The van der Waals surface area contributed by atoms with E-state index in [0.717, 1.165) is 0 Å². The van der Waals surface area contributed by atoms with Gasteiger partial charge in [0.25, 0.3) is 5.24 Å². The van der Waals surface area contributed by atoms with Gasteiger partial charge in [0.2, 0.25) is 0 Å². The number of carbonyl (C=O) groups is 1. The van der Waals surface area contributed by atoms with Gasteiger partial charge in [0.15, 0.2) is 5.75 Å². The lowest BCUT2D eigenvalue weighted by Crippen LogP contribution is -2.04. The Morgan fingerprint density at radius 2 is 2.25 bits per heavy atom. The minimum absolute atomic E-state index is 0.118. The first-order chi connectivity index (χ1) is 7.52. The van der Waals surface area contributed by atoms with Gasteiger partial charge in [0, 0.05) is 0 Å². The minimum Gasteiger partial charge on any atom is -0.490 e. The first-order valence-electron chi connectivity index (χ1n) is 3.98. The smallest absolute Gasteiger partial charge is 0.324 e. The average molecular weight is 241 g/mol. The number of methoxy groups -OCH3 is 1. The molecule has 0 aliphatic rings. The number of ether oxygens (including phenoxy) is 1. The lowest BCUT2D eigenvalue weighted by molar-refractivity contribution is -0.386. The van der Waals surface area contributed by atoms with Crippen LogP contribution in [0.5, 0.6) is 5.75 Å². The first kappa shape index (κ1) is 11.9. The quantitative estimate of drug-likeness (QED) is 0.457. The standard InChI is InChI=1S/C9H5ClN2O4/c1-16-6-3-2-5(4-11)7(9(10)13)8(6)12(14)15/h2-3H,1H3. The molecule has 0 spiro atoms. The van der Waals surface area contributed by atoms with Gasteiger partial charge in [-0.3, -0.25) is 14.9 Å². The van der Waals surface area contributed by atoms with Crippen molar-refractivity contribution in [3.05, 3.63) is 33.4 Å². The van der Waals surface area contributed by atoms with E-state index in [1.807, 2.05) is 0 Å². The van der Waals surface area contributed by atoms with Crippen LogP contribution in [0.2, 0.25) is 0 Å². The molecule has 7 heteroatoms. The average Bonchev–Trinajstić information content (AvgIpc) is 2.26. The molecule has 0 atom stereocenters. The largest absolute Gasteiger partial charge is 0.490 e. The van der Waals surface area contributed by atoms with E-state index in [-0.39, 0.29) is 11.3 Å². The molecular weight excluding hydrogens is 236 g/mol. The molecule has 0 aromatic heterocycles. The summed E-state index contributed by atoms with van der Waals surface area (Å²) in [5.74, 6) is -0.118. The van der Waals surface area contributed by atoms with Crippen LogP contribution in [0.4, 0.5) is 5.69 Å². The van der Waals surface area contributed by atoms with Gasteiger partial charge in [-0.2, -0.15) is 5.26 Å². The molecule has 0 aliphatic heterocycles. The maximum Gasteiger partial charge on any atom is 0.324 e. The van der Waals surface area contributed by atoms with Crippen LogP contribution in [0.25, 0.3) is 0 Å². The molecule has 0 heterocycles. The molecule has 0 radical (unpaired) electrons. The van der Waals surface area contributed by atoms with Gasteiger partial charge in [0.1, 0.15) is 11.6 Å². The third-order valence-corrected chi connectivity index (χ3v) is 2.05. The van der Waals surface area contributed by atoms with E-state index in [1.165, 1.54) is 19.2 Å². The highest BCUT2D eigenvalue weighted by Gasteiger charge is 2.28. The van der Waals surface area contributed by atoms with Crippen LogP contribution < -0.4 is 4.74 Å². The maximum atomic E-state index is 11.1. The van der Waals surface area contributed by atoms with Crippen molar-refractivity contribution in [2.75, 3.05) is 7.11 Å². The number of nitrogens with zero attached hydrogens (tertiary/aromatic N) is 2. The van der Waals surface area contributed by atoms with Crippen molar-refractivity contribution in [3.63, 3.8) is 0 Å². The maximum absolute atomic E-state index is 11.1. The summed E-state index contributed by atoms with van der Waals surface area (Å²) >= 11 is 5.22. The van der Waals surface area contributed by atoms with Crippen LogP contribution in [-0.4, -0.2) is 17.3 Å². The van der Waals surface area contributed by atoms with Crippen LogP contribution >= 0.6 is 11.6 Å². The molecule has 0 saturated heterocycles. The number of hydrogen-bond acceptors (Lipinski definition) is 5. The molecule has 0 N–H and O–H groups in total. The van der Waals surface area contributed by atoms with Crippen molar-refractivity contribution >= 4 is 22.5 Å². The number of halogens is 1. The first-order valence-corrected chi connectivity index (χ1v) is 4.36. The highest BCUT2D eigenvalue weighted by atomic mass is 35.5. The Hall–Kier alpha value is -2.13. The summed E-state index contributed by atoms with van der Waals surface area (Å²) < 4.78 is 4.74. The Morgan fingerprint density at radius 1 is 1.62 bits per heavy atom.